The summed E-state index contributed by atoms with van der Waals surface area (Å²) in [7, 11) is 0. The fourth-order valence-electron chi connectivity index (χ4n) is 2.50. The number of benzene rings is 1. The van der Waals surface area contributed by atoms with Crippen LogP contribution < -0.4 is 10.6 Å². The molecule has 1 aliphatic rings. The van der Waals surface area contributed by atoms with Gasteiger partial charge in [-0.05, 0) is 31.0 Å². The van der Waals surface area contributed by atoms with Crippen molar-refractivity contribution < 1.29 is 14.0 Å². The summed E-state index contributed by atoms with van der Waals surface area (Å²) in [5.41, 5.74) is 0.595. The molecule has 0 aliphatic carbocycles. The Morgan fingerprint density at radius 2 is 2.22 bits per heavy atom. The van der Waals surface area contributed by atoms with Crippen LogP contribution in [-0.4, -0.2) is 33.0 Å². The zero-order chi connectivity index (χ0) is 16.2. The van der Waals surface area contributed by atoms with Gasteiger partial charge in [0, 0.05) is 12.0 Å². The molecule has 23 heavy (non-hydrogen) atoms. The molecular weight excluding hydrogens is 301 g/mol. The first-order valence-electron chi connectivity index (χ1n) is 7.39. The lowest BCUT2D eigenvalue weighted by Crippen LogP contribution is -2.42. The second kappa shape index (κ2) is 6.55. The lowest BCUT2D eigenvalue weighted by Gasteiger charge is -2.16. The number of anilines is 1. The highest BCUT2D eigenvalue weighted by Crippen LogP contribution is 2.22. The van der Waals surface area contributed by atoms with E-state index in [1.54, 1.807) is 6.07 Å². The van der Waals surface area contributed by atoms with Crippen LogP contribution in [0.3, 0.4) is 0 Å². The van der Waals surface area contributed by atoms with Gasteiger partial charge in [0.2, 0.25) is 11.8 Å². The highest BCUT2D eigenvalue weighted by Gasteiger charge is 2.23. The number of aromatic nitrogens is 3. The fraction of sp³-hybridized carbons (Fsp3) is 0.333. The highest BCUT2D eigenvalue weighted by atomic mass is 19.1. The summed E-state index contributed by atoms with van der Waals surface area (Å²) >= 11 is 0. The van der Waals surface area contributed by atoms with Crippen molar-refractivity contribution >= 4 is 17.5 Å². The summed E-state index contributed by atoms with van der Waals surface area (Å²) in [4.78, 5) is 27.7. The molecule has 1 atom stereocenters. The Morgan fingerprint density at radius 1 is 1.35 bits per heavy atom. The zero-order valence-corrected chi connectivity index (χ0v) is 12.3. The minimum Gasteiger partial charge on any atom is -0.344 e. The van der Waals surface area contributed by atoms with Gasteiger partial charge in [-0.3, -0.25) is 14.7 Å². The van der Waals surface area contributed by atoms with E-state index in [1.165, 1.54) is 18.5 Å². The molecule has 7 nitrogen and oxygen atoms in total. The van der Waals surface area contributed by atoms with Gasteiger partial charge in [-0.15, -0.1) is 0 Å². The van der Waals surface area contributed by atoms with Crippen molar-refractivity contribution in [3.05, 3.63) is 30.3 Å². The average molecular weight is 317 g/mol. The molecule has 0 saturated carbocycles. The van der Waals surface area contributed by atoms with Crippen LogP contribution in [0.15, 0.2) is 24.5 Å². The third-order valence-electron chi connectivity index (χ3n) is 3.71. The molecule has 0 radical (unpaired) electrons. The van der Waals surface area contributed by atoms with E-state index in [0.29, 0.717) is 24.2 Å². The topological polar surface area (TPSA) is 99.8 Å². The lowest BCUT2D eigenvalue weighted by atomic mass is 10.1. The van der Waals surface area contributed by atoms with Gasteiger partial charge in [0.05, 0.1) is 5.69 Å². The highest BCUT2D eigenvalue weighted by molar-refractivity contribution is 5.97. The Kier molecular flexibility index (Phi) is 4.31. The van der Waals surface area contributed by atoms with E-state index >= 15 is 0 Å². The van der Waals surface area contributed by atoms with Crippen molar-refractivity contribution in [3.63, 3.8) is 0 Å². The minimum absolute atomic E-state index is 0.0664. The van der Waals surface area contributed by atoms with Gasteiger partial charge < -0.3 is 10.6 Å². The molecule has 1 aromatic heterocycles. The lowest BCUT2D eigenvalue weighted by molar-refractivity contribution is -0.126. The van der Waals surface area contributed by atoms with E-state index in [-0.39, 0.29) is 11.6 Å². The number of hydrogen-bond acceptors (Lipinski definition) is 4. The number of halogens is 1. The van der Waals surface area contributed by atoms with E-state index in [4.69, 9.17) is 0 Å². The third-order valence-corrected chi connectivity index (χ3v) is 3.71. The number of hydrogen-bond donors (Lipinski definition) is 3. The van der Waals surface area contributed by atoms with Gasteiger partial charge in [-0.1, -0.05) is 6.42 Å². The van der Waals surface area contributed by atoms with Crippen molar-refractivity contribution in [1.82, 2.24) is 20.5 Å². The van der Waals surface area contributed by atoms with Crippen molar-refractivity contribution in [1.29, 1.82) is 0 Å². The first-order valence-corrected chi connectivity index (χ1v) is 7.39. The van der Waals surface area contributed by atoms with Gasteiger partial charge >= 0.3 is 0 Å². The van der Waals surface area contributed by atoms with Gasteiger partial charge in [0.25, 0.3) is 0 Å². The molecule has 1 aliphatic heterocycles. The predicted molar refractivity (Wildman–Crippen MR) is 80.8 cm³/mol. The molecule has 2 aromatic rings. The number of carbonyl (C=O) groups is 2. The monoisotopic (exact) mass is 317 g/mol. The van der Waals surface area contributed by atoms with Crippen LogP contribution in [0.25, 0.3) is 11.4 Å². The summed E-state index contributed by atoms with van der Waals surface area (Å²) in [6.07, 6.45) is 3.84. The normalized spacial score (nSPS) is 18.1. The largest absolute Gasteiger partial charge is 0.344 e. The number of nitrogens with one attached hydrogen (secondary N) is 3. The minimum atomic E-state index is -0.627. The Balaban J connectivity index is 1.72. The standard InChI is InChI=1S/C15H16FN5O2/c16-10-7-9(14-17-8-18-21-14)5-6-11(10)20-15(23)12-3-1-2-4-13(22)19-12/h5-8,12H,1-4H2,(H,19,22)(H,20,23)(H,17,18,21)/t12-/m1/s1. The van der Waals surface area contributed by atoms with Gasteiger partial charge in [-0.2, -0.15) is 5.10 Å². The van der Waals surface area contributed by atoms with Crippen LogP contribution >= 0.6 is 0 Å². The molecule has 1 saturated heterocycles. The smallest absolute Gasteiger partial charge is 0.247 e. The number of carbonyl (C=O) groups excluding carboxylic acids is 2. The van der Waals surface area contributed by atoms with Gasteiger partial charge in [0.1, 0.15) is 18.2 Å². The number of nitrogens with zero attached hydrogens (tertiary/aromatic N) is 2. The molecule has 0 unspecified atom stereocenters. The fourth-order valence-corrected chi connectivity index (χ4v) is 2.50. The van der Waals surface area contributed by atoms with E-state index in [1.807, 2.05) is 0 Å². The molecule has 1 aromatic carbocycles. The van der Waals surface area contributed by atoms with Crippen LogP contribution in [0.4, 0.5) is 10.1 Å². The molecular formula is C15H16FN5O2. The quantitative estimate of drug-likeness (QED) is 0.800. The molecule has 2 amide bonds. The SMILES string of the molecule is O=C1CCCC[C@H](C(=O)Nc2ccc(-c3ncn[nH]3)cc2F)N1. The van der Waals surface area contributed by atoms with E-state index < -0.39 is 17.8 Å². The summed E-state index contributed by atoms with van der Waals surface area (Å²) in [5.74, 6) is -0.694. The van der Waals surface area contributed by atoms with Crippen LogP contribution in [0, 0.1) is 5.82 Å². The first kappa shape index (κ1) is 15.1. The second-order valence-electron chi connectivity index (χ2n) is 5.38. The molecule has 0 bridgehead atoms. The summed E-state index contributed by atoms with van der Waals surface area (Å²) in [6.45, 7) is 0. The Hall–Kier alpha value is -2.77. The van der Waals surface area contributed by atoms with Crippen molar-refractivity contribution in [2.75, 3.05) is 5.32 Å². The van der Waals surface area contributed by atoms with E-state index in [0.717, 1.165) is 12.8 Å². The zero-order valence-electron chi connectivity index (χ0n) is 12.3. The van der Waals surface area contributed by atoms with Crippen LogP contribution in [0.5, 0.6) is 0 Å². The van der Waals surface area contributed by atoms with Gasteiger partial charge in [0.15, 0.2) is 5.82 Å². The Bertz CT molecular complexity index is 717. The Morgan fingerprint density at radius 3 is 2.96 bits per heavy atom. The van der Waals surface area contributed by atoms with Crippen LogP contribution in [0.2, 0.25) is 0 Å². The summed E-state index contributed by atoms with van der Waals surface area (Å²) in [6, 6.07) is 3.73. The third kappa shape index (κ3) is 3.53. The van der Waals surface area contributed by atoms with Crippen LogP contribution in [0.1, 0.15) is 25.7 Å². The number of aromatic amines is 1. The van der Waals surface area contributed by atoms with Crippen molar-refractivity contribution in [2.24, 2.45) is 0 Å². The first-order chi connectivity index (χ1) is 11.1. The maximum absolute atomic E-state index is 14.2. The Labute approximate surface area is 131 Å². The number of H-pyrrole nitrogens is 1. The number of rotatable bonds is 3. The molecule has 1 fully saturated rings. The molecule has 2 heterocycles. The van der Waals surface area contributed by atoms with Crippen molar-refractivity contribution in [3.8, 4) is 11.4 Å². The maximum atomic E-state index is 14.2. The van der Waals surface area contributed by atoms with E-state index in [9.17, 15) is 14.0 Å². The summed E-state index contributed by atoms with van der Waals surface area (Å²) < 4.78 is 14.2. The average Bonchev–Trinajstić information content (AvgIpc) is 2.98. The molecule has 3 N–H and O–H groups in total. The molecule has 8 heteroatoms. The number of amides is 2. The van der Waals surface area contributed by atoms with Crippen molar-refractivity contribution in [2.45, 2.75) is 31.7 Å². The second-order valence-corrected chi connectivity index (χ2v) is 5.38. The summed E-state index contributed by atoms with van der Waals surface area (Å²) in [5, 5.41) is 11.5. The maximum Gasteiger partial charge on any atom is 0.247 e. The molecule has 3 rings (SSSR count). The van der Waals surface area contributed by atoms with E-state index in [2.05, 4.69) is 25.8 Å². The van der Waals surface area contributed by atoms with Gasteiger partial charge in [-0.25, -0.2) is 9.37 Å². The molecule has 120 valence electrons. The van der Waals surface area contributed by atoms with Crippen LogP contribution in [-0.2, 0) is 9.59 Å². The predicted octanol–water partition coefficient (Wildman–Crippen LogP) is 1.61. The molecule has 0 spiro atoms.